The number of rotatable bonds is 3. The van der Waals surface area contributed by atoms with Gasteiger partial charge < -0.3 is 5.11 Å². The van der Waals surface area contributed by atoms with Crippen LogP contribution < -0.4 is 0 Å². The van der Waals surface area contributed by atoms with Crippen LogP contribution in [0.2, 0.25) is 0 Å². The summed E-state index contributed by atoms with van der Waals surface area (Å²) in [5, 5.41) is 13.6. The molecule has 1 aromatic carbocycles. The summed E-state index contributed by atoms with van der Waals surface area (Å²) in [6.45, 7) is -0.196. The standard InChI is InChI=1S/C10H10FN3OS/c1-14-10(12-6-13-14)16-9-7(5-15)3-2-4-8(9)11/h2-4,6,15H,5H2,1H3. The fourth-order valence-electron chi connectivity index (χ4n) is 1.26. The molecule has 16 heavy (non-hydrogen) atoms. The van der Waals surface area contributed by atoms with Crippen molar-refractivity contribution >= 4 is 11.8 Å². The van der Waals surface area contributed by atoms with Crippen LogP contribution in [-0.4, -0.2) is 19.9 Å². The zero-order valence-electron chi connectivity index (χ0n) is 8.59. The highest BCUT2D eigenvalue weighted by Gasteiger charge is 2.12. The van der Waals surface area contributed by atoms with Crippen molar-refractivity contribution in [3.05, 3.63) is 35.9 Å². The molecule has 84 valence electrons. The van der Waals surface area contributed by atoms with Crippen molar-refractivity contribution in [1.29, 1.82) is 0 Å². The lowest BCUT2D eigenvalue weighted by Gasteiger charge is -2.06. The lowest BCUT2D eigenvalue weighted by Crippen LogP contribution is -1.96. The van der Waals surface area contributed by atoms with E-state index in [1.807, 2.05) is 0 Å². The monoisotopic (exact) mass is 239 g/mol. The third kappa shape index (κ3) is 2.07. The van der Waals surface area contributed by atoms with Gasteiger partial charge >= 0.3 is 0 Å². The number of benzene rings is 1. The first-order valence-electron chi connectivity index (χ1n) is 4.62. The first-order chi connectivity index (χ1) is 7.72. The van der Waals surface area contributed by atoms with Crippen molar-refractivity contribution in [2.75, 3.05) is 0 Å². The second-order valence-corrected chi connectivity index (χ2v) is 4.13. The van der Waals surface area contributed by atoms with Crippen molar-refractivity contribution in [2.24, 2.45) is 7.05 Å². The van der Waals surface area contributed by atoms with E-state index in [2.05, 4.69) is 10.1 Å². The van der Waals surface area contributed by atoms with E-state index in [4.69, 9.17) is 5.11 Å². The molecule has 0 saturated carbocycles. The van der Waals surface area contributed by atoms with Crippen LogP contribution in [0.3, 0.4) is 0 Å². The summed E-state index contributed by atoms with van der Waals surface area (Å²) in [5.41, 5.74) is 0.549. The van der Waals surface area contributed by atoms with E-state index < -0.39 is 0 Å². The molecule has 0 amide bonds. The summed E-state index contributed by atoms with van der Waals surface area (Å²) in [7, 11) is 1.73. The molecule has 0 aliphatic carbocycles. The van der Waals surface area contributed by atoms with Gasteiger partial charge in [0.05, 0.1) is 11.5 Å². The molecule has 0 spiro atoms. The Morgan fingerprint density at radius 2 is 2.31 bits per heavy atom. The molecule has 1 aromatic heterocycles. The predicted octanol–water partition coefficient (Wildman–Crippen LogP) is 1.60. The lowest BCUT2D eigenvalue weighted by atomic mass is 10.2. The maximum Gasteiger partial charge on any atom is 0.190 e. The van der Waals surface area contributed by atoms with Crippen LogP contribution in [0, 0.1) is 5.82 Å². The molecule has 0 bridgehead atoms. The minimum absolute atomic E-state index is 0.196. The zero-order chi connectivity index (χ0) is 11.5. The van der Waals surface area contributed by atoms with Crippen LogP contribution in [0.4, 0.5) is 4.39 Å². The van der Waals surface area contributed by atoms with Gasteiger partial charge in [0.25, 0.3) is 0 Å². The third-order valence-corrected chi connectivity index (χ3v) is 3.30. The predicted molar refractivity (Wildman–Crippen MR) is 57.4 cm³/mol. The molecule has 6 heteroatoms. The molecular weight excluding hydrogens is 229 g/mol. The summed E-state index contributed by atoms with van der Waals surface area (Å²) < 4.78 is 15.1. The van der Waals surface area contributed by atoms with E-state index in [-0.39, 0.29) is 12.4 Å². The maximum absolute atomic E-state index is 13.6. The Kier molecular flexibility index (Phi) is 3.21. The molecule has 0 unspecified atom stereocenters. The molecule has 0 fully saturated rings. The summed E-state index contributed by atoms with van der Waals surface area (Å²) >= 11 is 1.15. The Labute approximate surface area is 96.1 Å². The van der Waals surface area contributed by atoms with Crippen molar-refractivity contribution in [3.63, 3.8) is 0 Å². The van der Waals surface area contributed by atoms with Gasteiger partial charge in [-0.3, -0.25) is 0 Å². The molecule has 2 aromatic rings. The maximum atomic E-state index is 13.6. The minimum Gasteiger partial charge on any atom is -0.392 e. The number of nitrogens with zero attached hydrogens (tertiary/aromatic N) is 3. The lowest BCUT2D eigenvalue weighted by molar-refractivity contribution is 0.277. The highest BCUT2D eigenvalue weighted by atomic mass is 32.2. The number of aromatic nitrogens is 3. The number of aryl methyl sites for hydroxylation is 1. The number of aliphatic hydroxyl groups is 1. The van der Waals surface area contributed by atoms with Gasteiger partial charge in [-0.25, -0.2) is 14.1 Å². The van der Waals surface area contributed by atoms with Gasteiger partial charge in [-0.15, -0.1) is 0 Å². The van der Waals surface area contributed by atoms with Gasteiger partial charge in [-0.2, -0.15) is 5.10 Å². The SMILES string of the molecule is Cn1ncnc1Sc1c(F)cccc1CO. The number of aliphatic hydroxyl groups excluding tert-OH is 1. The van der Waals surface area contributed by atoms with Gasteiger partial charge in [-0.1, -0.05) is 12.1 Å². The van der Waals surface area contributed by atoms with E-state index in [0.29, 0.717) is 15.6 Å². The van der Waals surface area contributed by atoms with E-state index in [0.717, 1.165) is 11.8 Å². The number of hydrogen-bond donors (Lipinski definition) is 1. The van der Waals surface area contributed by atoms with E-state index in [1.165, 1.54) is 12.4 Å². The Morgan fingerprint density at radius 3 is 2.94 bits per heavy atom. The van der Waals surface area contributed by atoms with Crippen molar-refractivity contribution in [1.82, 2.24) is 14.8 Å². The largest absolute Gasteiger partial charge is 0.392 e. The molecule has 1 N–H and O–H groups in total. The van der Waals surface area contributed by atoms with Crippen LogP contribution in [-0.2, 0) is 13.7 Å². The molecule has 1 heterocycles. The summed E-state index contributed by atoms with van der Waals surface area (Å²) in [6, 6.07) is 4.61. The van der Waals surface area contributed by atoms with E-state index in [9.17, 15) is 4.39 Å². The molecule has 0 atom stereocenters. The Balaban J connectivity index is 2.37. The van der Waals surface area contributed by atoms with Crippen molar-refractivity contribution < 1.29 is 9.50 Å². The smallest absolute Gasteiger partial charge is 0.190 e. The van der Waals surface area contributed by atoms with Crippen LogP contribution in [0.15, 0.2) is 34.6 Å². The van der Waals surface area contributed by atoms with Crippen LogP contribution >= 0.6 is 11.8 Å². The average Bonchev–Trinajstić information content (AvgIpc) is 2.67. The van der Waals surface area contributed by atoms with E-state index in [1.54, 1.807) is 23.9 Å². The van der Waals surface area contributed by atoms with Gasteiger partial charge in [0, 0.05) is 7.05 Å². The fraction of sp³-hybridized carbons (Fsp3) is 0.200. The molecular formula is C10H10FN3OS. The van der Waals surface area contributed by atoms with Crippen LogP contribution in [0.25, 0.3) is 0 Å². The summed E-state index contributed by atoms with van der Waals surface area (Å²) in [4.78, 5) is 4.38. The Morgan fingerprint density at radius 1 is 1.50 bits per heavy atom. The summed E-state index contributed by atoms with van der Waals surface area (Å²) in [5.74, 6) is -0.362. The second-order valence-electron chi connectivity index (χ2n) is 3.15. The highest BCUT2D eigenvalue weighted by molar-refractivity contribution is 7.99. The van der Waals surface area contributed by atoms with Crippen molar-refractivity contribution in [2.45, 2.75) is 16.7 Å². The molecule has 4 nitrogen and oxygen atoms in total. The Bertz CT molecular complexity index is 501. The molecule has 0 aliphatic rings. The minimum atomic E-state index is -0.362. The highest BCUT2D eigenvalue weighted by Crippen LogP contribution is 2.30. The number of hydrogen-bond acceptors (Lipinski definition) is 4. The molecule has 0 saturated heterocycles. The molecule has 0 radical (unpaired) electrons. The first-order valence-corrected chi connectivity index (χ1v) is 5.44. The van der Waals surface area contributed by atoms with Crippen LogP contribution in [0.1, 0.15) is 5.56 Å². The van der Waals surface area contributed by atoms with E-state index >= 15 is 0 Å². The normalized spacial score (nSPS) is 10.7. The van der Waals surface area contributed by atoms with Gasteiger partial charge in [-0.05, 0) is 23.4 Å². The number of halogens is 1. The van der Waals surface area contributed by atoms with Gasteiger partial charge in [0.15, 0.2) is 5.16 Å². The zero-order valence-corrected chi connectivity index (χ0v) is 9.41. The second kappa shape index (κ2) is 4.63. The first kappa shape index (κ1) is 11.1. The fourth-order valence-corrected chi connectivity index (χ4v) is 2.15. The molecule has 2 rings (SSSR count). The van der Waals surface area contributed by atoms with Gasteiger partial charge in [0.2, 0.25) is 0 Å². The third-order valence-electron chi connectivity index (χ3n) is 2.08. The topological polar surface area (TPSA) is 50.9 Å². The average molecular weight is 239 g/mol. The van der Waals surface area contributed by atoms with Gasteiger partial charge in [0.1, 0.15) is 12.1 Å². The Hall–Kier alpha value is -1.40. The quantitative estimate of drug-likeness (QED) is 0.883. The molecule has 0 aliphatic heterocycles. The van der Waals surface area contributed by atoms with Crippen molar-refractivity contribution in [3.8, 4) is 0 Å². The van der Waals surface area contributed by atoms with Crippen LogP contribution in [0.5, 0.6) is 0 Å². The summed E-state index contributed by atoms with van der Waals surface area (Å²) in [6.07, 6.45) is 1.40.